The maximum absolute atomic E-state index is 5.73. The zero-order chi connectivity index (χ0) is 13.5. The van der Waals surface area contributed by atoms with Gasteiger partial charge in [0.2, 0.25) is 0 Å². The summed E-state index contributed by atoms with van der Waals surface area (Å²) in [5.74, 6) is 1.74. The molecule has 0 unspecified atom stereocenters. The average molecular weight is 321 g/mol. The molecular weight excluding hydrogens is 304 g/mol. The van der Waals surface area contributed by atoms with Crippen LogP contribution in [0.4, 0.5) is 0 Å². The highest BCUT2D eigenvalue weighted by Crippen LogP contribution is 2.19. The van der Waals surface area contributed by atoms with E-state index in [4.69, 9.17) is 9.47 Å². The van der Waals surface area contributed by atoms with E-state index in [0.29, 0.717) is 6.61 Å². The summed E-state index contributed by atoms with van der Waals surface area (Å²) < 4.78 is 12.3. The van der Waals surface area contributed by atoms with E-state index in [2.05, 4.69) is 28.9 Å². The third-order valence-electron chi connectivity index (χ3n) is 2.59. The Morgan fingerprint density at radius 3 is 2.26 bits per heavy atom. The Morgan fingerprint density at radius 2 is 1.63 bits per heavy atom. The first-order valence-electron chi connectivity index (χ1n) is 6.38. The molecule has 0 aliphatic heterocycles. The van der Waals surface area contributed by atoms with E-state index in [1.54, 1.807) is 0 Å². The first kappa shape index (κ1) is 13.9. The highest BCUT2D eigenvalue weighted by Gasteiger charge is 1.98. The first-order chi connectivity index (χ1) is 9.28. The molecule has 2 nitrogen and oxygen atoms in total. The van der Waals surface area contributed by atoms with Crippen molar-refractivity contribution in [2.24, 2.45) is 0 Å². The maximum Gasteiger partial charge on any atom is 0.120 e. The third-order valence-corrected chi connectivity index (χ3v) is 3.08. The first-order valence-corrected chi connectivity index (χ1v) is 7.17. The summed E-state index contributed by atoms with van der Waals surface area (Å²) in [6, 6.07) is 15.8. The van der Waals surface area contributed by atoms with E-state index in [1.807, 2.05) is 42.5 Å². The molecule has 0 amide bonds. The van der Waals surface area contributed by atoms with Crippen LogP contribution in [0.15, 0.2) is 53.0 Å². The van der Waals surface area contributed by atoms with Crippen molar-refractivity contribution >= 4 is 15.9 Å². The number of halogens is 1. The summed E-state index contributed by atoms with van der Waals surface area (Å²) >= 11 is 3.45. The van der Waals surface area contributed by atoms with Gasteiger partial charge in [-0.05, 0) is 48.4 Å². The summed E-state index contributed by atoms with van der Waals surface area (Å²) in [6.07, 6.45) is 1.02. The van der Waals surface area contributed by atoms with Gasteiger partial charge in [0.15, 0.2) is 0 Å². The minimum absolute atomic E-state index is 0.564. The minimum atomic E-state index is 0.564. The second-order valence-electron chi connectivity index (χ2n) is 4.24. The van der Waals surface area contributed by atoms with Crippen molar-refractivity contribution in [3.63, 3.8) is 0 Å². The van der Waals surface area contributed by atoms with Gasteiger partial charge in [0.05, 0.1) is 6.61 Å². The Balaban J connectivity index is 1.89. The summed E-state index contributed by atoms with van der Waals surface area (Å²) in [5, 5.41) is 0. The summed E-state index contributed by atoms with van der Waals surface area (Å²) in [4.78, 5) is 0. The lowest BCUT2D eigenvalue weighted by molar-refractivity contribution is 0.301. The fraction of sp³-hybridized carbons (Fsp3) is 0.250. The van der Waals surface area contributed by atoms with E-state index in [1.165, 1.54) is 0 Å². The summed E-state index contributed by atoms with van der Waals surface area (Å²) in [5.41, 5.74) is 1.14. The van der Waals surface area contributed by atoms with Crippen LogP contribution in [-0.2, 0) is 6.61 Å². The molecule has 0 spiro atoms. The van der Waals surface area contributed by atoms with Gasteiger partial charge in [0, 0.05) is 4.47 Å². The average Bonchev–Trinajstić information content (AvgIpc) is 2.44. The van der Waals surface area contributed by atoms with Crippen molar-refractivity contribution in [2.75, 3.05) is 6.61 Å². The van der Waals surface area contributed by atoms with Crippen LogP contribution >= 0.6 is 15.9 Å². The van der Waals surface area contributed by atoms with E-state index in [9.17, 15) is 0 Å². The molecule has 0 aliphatic carbocycles. The van der Waals surface area contributed by atoms with Gasteiger partial charge < -0.3 is 9.47 Å². The topological polar surface area (TPSA) is 18.5 Å². The molecule has 3 heteroatoms. The van der Waals surface area contributed by atoms with E-state index in [-0.39, 0.29) is 0 Å². The van der Waals surface area contributed by atoms with Crippen LogP contribution in [0.5, 0.6) is 11.5 Å². The maximum atomic E-state index is 5.73. The standard InChI is InChI=1S/C16H17BrO2/c1-2-10-18-15-6-8-16(9-7-15)19-12-13-4-3-5-14(17)11-13/h3-9,11H,2,10,12H2,1H3. The van der Waals surface area contributed by atoms with Crippen molar-refractivity contribution < 1.29 is 9.47 Å². The van der Waals surface area contributed by atoms with Crippen LogP contribution in [0.2, 0.25) is 0 Å². The predicted molar refractivity (Wildman–Crippen MR) is 80.7 cm³/mol. The molecular formula is C16H17BrO2. The molecule has 100 valence electrons. The quantitative estimate of drug-likeness (QED) is 0.759. The second-order valence-corrected chi connectivity index (χ2v) is 5.15. The normalized spacial score (nSPS) is 10.2. The molecule has 0 aromatic heterocycles. The molecule has 2 aromatic rings. The Hall–Kier alpha value is -1.48. The van der Waals surface area contributed by atoms with Gasteiger partial charge in [0.1, 0.15) is 18.1 Å². The van der Waals surface area contributed by atoms with Crippen LogP contribution in [-0.4, -0.2) is 6.61 Å². The molecule has 19 heavy (non-hydrogen) atoms. The van der Waals surface area contributed by atoms with Crippen molar-refractivity contribution in [2.45, 2.75) is 20.0 Å². The van der Waals surface area contributed by atoms with Gasteiger partial charge in [0.25, 0.3) is 0 Å². The highest BCUT2D eigenvalue weighted by atomic mass is 79.9. The fourth-order valence-electron chi connectivity index (χ4n) is 1.65. The summed E-state index contributed by atoms with van der Waals surface area (Å²) in [6.45, 7) is 3.41. The molecule has 0 aliphatic rings. The van der Waals surface area contributed by atoms with Gasteiger partial charge in [-0.15, -0.1) is 0 Å². The SMILES string of the molecule is CCCOc1ccc(OCc2cccc(Br)c2)cc1. The number of hydrogen-bond donors (Lipinski definition) is 0. The van der Waals surface area contributed by atoms with Crippen molar-refractivity contribution in [1.82, 2.24) is 0 Å². The Morgan fingerprint density at radius 1 is 0.947 bits per heavy atom. The lowest BCUT2D eigenvalue weighted by Crippen LogP contribution is -1.97. The number of rotatable bonds is 6. The van der Waals surface area contributed by atoms with Gasteiger partial charge in [-0.2, -0.15) is 0 Å². The predicted octanol–water partition coefficient (Wildman–Crippen LogP) is 4.82. The van der Waals surface area contributed by atoms with E-state index < -0.39 is 0 Å². The zero-order valence-electron chi connectivity index (χ0n) is 10.9. The molecule has 0 saturated heterocycles. The molecule has 0 N–H and O–H groups in total. The van der Waals surface area contributed by atoms with Crippen LogP contribution in [0.1, 0.15) is 18.9 Å². The molecule has 0 heterocycles. The molecule has 2 rings (SSSR count). The number of hydrogen-bond acceptors (Lipinski definition) is 2. The van der Waals surface area contributed by atoms with Crippen molar-refractivity contribution in [1.29, 1.82) is 0 Å². The van der Waals surface area contributed by atoms with Crippen LogP contribution in [0.3, 0.4) is 0 Å². The second kappa shape index (κ2) is 7.19. The van der Waals surface area contributed by atoms with Crippen LogP contribution in [0.25, 0.3) is 0 Å². The van der Waals surface area contributed by atoms with Gasteiger partial charge >= 0.3 is 0 Å². The molecule has 0 radical (unpaired) electrons. The van der Waals surface area contributed by atoms with Gasteiger partial charge in [-0.1, -0.05) is 35.0 Å². The smallest absolute Gasteiger partial charge is 0.120 e. The van der Waals surface area contributed by atoms with Gasteiger partial charge in [-0.3, -0.25) is 0 Å². The van der Waals surface area contributed by atoms with Gasteiger partial charge in [-0.25, -0.2) is 0 Å². The van der Waals surface area contributed by atoms with Crippen LogP contribution < -0.4 is 9.47 Å². The fourth-order valence-corrected chi connectivity index (χ4v) is 2.09. The molecule has 2 aromatic carbocycles. The lowest BCUT2D eigenvalue weighted by atomic mass is 10.2. The van der Waals surface area contributed by atoms with Crippen molar-refractivity contribution in [3.05, 3.63) is 58.6 Å². The Labute approximate surface area is 122 Å². The molecule has 0 saturated carbocycles. The Bertz CT molecular complexity index is 508. The number of ether oxygens (including phenoxy) is 2. The van der Waals surface area contributed by atoms with E-state index in [0.717, 1.165) is 34.6 Å². The molecule has 0 atom stereocenters. The van der Waals surface area contributed by atoms with Crippen molar-refractivity contribution in [3.8, 4) is 11.5 Å². The number of benzene rings is 2. The zero-order valence-corrected chi connectivity index (χ0v) is 12.5. The van der Waals surface area contributed by atoms with E-state index >= 15 is 0 Å². The van der Waals surface area contributed by atoms with Crippen LogP contribution in [0, 0.1) is 0 Å². The molecule has 0 bridgehead atoms. The largest absolute Gasteiger partial charge is 0.494 e. The molecule has 0 fully saturated rings. The Kier molecular flexibility index (Phi) is 5.28. The lowest BCUT2D eigenvalue weighted by Gasteiger charge is -2.08. The monoisotopic (exact) mass is 320 g/mol. The highest BCUT2D eigenvalue weighted by molar-refractivity contribution is 9.10. The third kappa shape index (κ3) is 4.60. The minimum Gasteiger partial charge on any atom is -0.494 e. The summed E-state index contributed by atoms with van der Waals surface area (Å²) in [7, 11) is 0.